The summed E-state index contributed by atoms with van der Waals surface area (Å²) >= 11 is 5.78. The molecule has 6 heteroatoms. The number of hydrogen-bond acceptors (Lipinski definition) is 3. The number of imide groups is 1. The van der Waals surface area contributed by atoms with Gasteiger partial charge in [0, 0.05) is 11.1 Å². The van der Waals surface area contributed by atoms with E-state index in [0.29, 0.717) is 5.02 Å². The van der Waals surface area contributed by atoms with E-state index >= 15 is 0 Å². The Bertz CT molecular complexity index is 620. The van der Waals surface area contributed by atoms with Crippen LogP contribution < -0.4 is 5.32 Å². The molecule has 1 aromatic carbocycles. The van der Waals surface area contributed by atoms with Crippen molar-refractivity contribution in [1.82, 2.24) is 10.2 Å². The van der Waals surface area contributed by atoms with Crippen LogP contribution in [0.2, 0.25) is 5.02 Å². The summed E-state index contributed by atoms with van der Waals surface area (Å²) in [5, 5.41) is 2.83. The summed E-state index contributed by atoms with van der Waals surface area (Å²) in [5.74, 6) is -1.35. The van der Waals surface area contributed by atoms with Gasteiger partial charge in [0.15, 0.2) is 0 Å². The number of benzene rings is 1. The van der Waals surface area contributed by atoms with Crippen molar-refractivity contribution in [1.29, 1.82) is 0 Å². The van der Waals surface area contributed by atoms with Crippen LogP contribution in [-0.4, -0.2) is 34.7 Å². The molecule has 21 heavy (non-hydrogen) atoms. The lowest BCUT2D eigenvalue weighted by Crippen LogP contribution is -2.65. The van der Waals surface area contributed by atoms with E-state index in [0.717, 1.165) is 5.56 Å². The summed E-state index contributed by atoms with van der Waals surface area (Å²) < 4.78 is 0. The molecule has 1 aliphatic heterocycles. The topological polar surface area (TPSA) is 66.5 Å². The summed E-state index contributed by atoms with van der Waals surface area (Å²) in [6.07, 6.45) is 2.96. The molecular weight excluding hydrogens is 292 g/mol. The maximum atomic E-state index is 12.2. The van der Waals surface area contributed by atoms with Gasteiger partial charge < -0.3 is 4.90 Å². The van der Waals surface area contributed by atoms with E-state index < -0.39 is 23.3 Å². The van der Waals surface area contributed by atoms with Crippen LogP contribution in [0.15, 0.2) is 30.3 Å². The molecule has 0 radical (unpaired) electrons. The lowest BCUT2D eigenvalue weighted by Gasteiger charge is -2.39. The van der Waals surface area contributed by atoms with E-state index in [4.69, 9.17) is 11.6 Å². The van der Waals surface area contributed by atoms with Gasteiger partial charge in [0.25, 0.3) is 5.91 Å². The maximum Gasteiger partial charge on any atom is 0.252 e. The van der Waals surface area contributed by atoms with Gasteiger partial charge in [0.2, 0.25) is 11.8 Å². The monoisotopic (exact) mass is 306 g/mol. The number of halogens is 1. The van der Waals surface area contributed by atoms with E-state index in [-0.39, 0.29) is 6.54 Å². The molecule has 1 fully saturated rings. The molecule has 0 saturated carbocycles. The Hall–Kier alpha value is -2.14. The third kappa shape index (κ3) is 3.31. The standard InChI is InChI=1S/C15H15ClN2O3/c1-15(2)14(21)17-12(19)9-18(15)13(20)8-5-10-3-6-11(16)7-4-10/h3-8H,9H2,1-2H3,(H,17,19,21). The summed E-state index contributed by atoms with van der Waals surface area (Å²) in [7, 11) is 0. The fourth-order valence-corrected chi connectivity index (χ4v) is 2.09. The molecule has 0 unspecified atom stereocenters. The number of amides is 3. The second-order valence-electron chi connectivity index (χ2n) is 5.25. The first-order chi connectivity index (χ1) is 9.80. The largest absolute Gasteiger partial charge is 0.316 e. The Kier molecular flexibility index (Phi) is 4.14. The summed E-state index contributed by atoms with van der Waals surface area (Å²) in [6.45, 7) is 3.06. The molecule has 1 heterocycles. The average Bonchev–Trinajstić information content (AvgIpc) is 2.42. The van der Waals surface area contributed by atoms with Crippen LogP contribution in [0, 0.1) is 0 Å². The molecule has 5 nitrogen and oxygen atoms in total. The number of rotatable bonds is 2. The zero-order chi connectivity index (χ0) is 15.6. The minimum atomic E-state index is -1.06. The van der Waals surface area contributed by atoms with Crippen molar-refractivity contribution < 1.29 is 14.4 Å². The summed E-state index contributed by atoms with van der Waals surface area (Å²) in [6, 6.07) is 6.97. The van der Waals surface area contributed by atoms with Crippen LogP contribution in [-0.2, 0) is 14.4 Å². The van der Waals surface area contributed by atoms with E-state index in [1.165, 1.54) is 11.0 Å². The molecule has 0 aromatic heterocycles. The predicted molar refractivity (Wildman–Crippen MR) is 79.4 cm³/mol. The van der Waals surface area contributed by atoms with Gasteiger partial charge >= 0.3 is 0 Å². The van der Waals surface area contributed by atoms with Gasteiger partial charge in [-0.2, -0.15) is 0 Å². The number of hydrogen-bond donors (Lipinski definition) is 1. The molecule has 0 atom stereocenters. The van der Waals surface area contributed by atoms with Crippen LogP contribution >= 0.6 is 11.6 Å². The van der Waals surface area contributed by atoms with Gasteiger partial charge in [-0.3, -0.25) is 19.7 Å². The summed E-state index contributed by atoms with van der Waals surface area (Å²) in [4.78, 5) is 36.7. The van der Waals surface area contributed by atoms with Crippen LogP contribution in [0.4, 0.5) is 0 Å². The molecule has 0 aliphatic carbocycles. The van der Waals surface area contributed by atoms with Gasteiger partial charge in [0.05, 0.1) is 0 Å². The van der Waals surface area contributed by atoms with Crippen molar-refractivity contribution in [2.75, 3.05) is 6.54 Å². The number of carbonyl (C=O) groups is 3. The molecule has 1 N–H and O–H groups in total. The Labute approximate surface area is 127 Å². The van der Waals surface area contributed by atoms with Crippen LogP contribution in [0.25, 0.3) is 6.08 Å². The fourth-order valence-electron chi connectivity index (χ4n) is 1.97. The van der Waals surface area contributed by atoms with Crippen LogP contribution in [0.1, 0.15) is 19.4 Å². The molecule has 3 amide bonds. The smallest absolute Gasteiger partial charge is 0.252 e. The maximum absolute atomic E-state index is 12.2. The lowest BCUT2D eigenvalue weighted by molar-refractivity contribution is -0.153. The first kappa shape index (κ1) is 15.3. The average molecular weight is 307 g/mol. The predicted octanol–water partition coefficient (Wildman–Crippen LogP) is 1.62. The molecule has 2 rings (SSSR count). The van der Waals surface area contributed by atoms with E-state index in [9.17, 15) is 14.4 Å². The highest BCUT2D eigenvalue weighted by molar-refractivity contribution is 6.30. The highest BCUT2D eigenvalue weighted by Gasteiger charge is 2.42. The molecule has 0 bridgehead atoms. The number of carbonyl (C=O) groups excluding carboxylic acids is 3. The highest BCUT2D eigenvalue weighted by atomic mass is 35.5. The first-order valence-electron chi connectivity index (χ1n) is 6.40. The molecule has 1 aromatic rings. The van der Waals surface area contributed by atoms with Crippen molar-refractivity contribution in [2.24, 2.45) is 0 Å². The Morgan fingerprint density at radius 1 is 1.29 bits per heavy atom. The van der Waals surface area contributed by atoms with Crippen molar-refractivity contribution in [3.63, 3.8) is 0 Å². The van der Waals surface area contributed by atoms with E-state index in [1.54, 1.807) is 44.2 Å². The number of nitrogens with one attached hydrogen (secondary N) is 1. The molecule has 1 aliphatic rings. The highest BCUT2D eigenvalue weighted by Crippen LogP contribution is 2.19. The normalized spacial score (nSPS) is 18.0. The molecule has 0 spiro atoms. The van der Waals surface area contributed by atoms with Crippen molar-refractivity contribution in [2.45, 2.75) is 19.4 Å². The minimum Gasteiger partial charge on any atom is -0.316 e. The van der Waals surface area contributed by atoms with Crippen molar-refractivity contribution in [3.05, 3.63) is 40.9 Å². The fraction of sp³-hybridized carbons (Fsp3) is 0.267. The molecule has 110 valence electrons. The number of piperazine rings is 1. The Balaban J connectivity index is 2.16. The van der Waals surface area contributed by atoms with Gasteiger partial charge in [-0.15, -0.1) is 0 Å². The van der Waals surface area contributed by atoms with Crippen molar-refractivity contribution >= 4 is 35.4 Å². The minimum absolute atomic E-state index is 0.136. The molecule has 1 saturated heterocycles. The quantitative estimate of drug-likeness (QED) is 0.667. The Morgan fingerprint density at radius 3 is 2.52 bits per heavy atom. The van der Waals surface area contributed by atoms with E-state index in [1.807, 2.05) is 0 Å². The zero-order valence-electron chi connectivity index (χ0n) is 11.7. The Morgan fingerprint density at radius 2 is 1.90 bits per heavy atom. The van der Waals surface area contributed by atoms with E-state index in [2.05, 4.69) is 5.32 Å². The molecular formula is C15H15ClN2O3. The van der Waals surface area contributed by atoms with Gasteiger partial charge in [-0.1, -0.05) is 23.7 Å². The second kappa shape index (κ2) is 5.69. The van der Waals surface area contributed by atoms with Crippen LogP contribution in [0.3, 0.4) is 0 Å². The SMILES string of the molecule is CC1(C)C(=O)NC(=O)CN1C(=O)C=Cc1ccc(Cl)cc1. The van der Waals surface area contributed by atoms with Crippen molar-refractivity contribution in [3.8, 4) is 0 Å². The lowest BCUT2D eigenvalue weighted by atomic mass is 9.98. The van der Waals surface area contributed by atoms with Gasteiger partial charge in [-0.05, 0) is 37.6 Å². The number of nitrogens with zero attached hydrogens (tertiary/aromatic N) is 1. The second-order valence-corrected chi connectivity index (χ2v) is 5.68. The third-order valence-corrected chi connectivity index (χ3v) is 3.59. The van der Waals surface area contributed by atoms with Gasteiger partial charge in [-0.25, -0.2) is 0 Å². The zero-order valence-corrected chi connectivity index (χ0v) is 12.5. The van der Waals surface area contributed by atoms with Gasteiger partial charge in [0.1, 0.15) is 12.1 Å². The summed E-state index contributed by atoms with van der Waals surface area (Å²) in [5.41, 5.74) is -0.256. The van der Waals surface area contributed by atoms with Crippen LogP contribution in [0.5, 0.6) is 0 Å². The third-order valence-electron chi connectivity index (χ3n) is 3.34. The first-order valence-corrected chi connectivity index (χ1v) is 6.78.